The Balaban J connectivity index is 1.73. The molecule has 2 unspecified atom stereocenters. The molecule has 1 saturated heterocycles. The standard InChI is InChI=1S/C21H32N2O3S/c1-16-13-17(2)15-23(14-16)27(25,26)20-11-9-18(10-12-20)21(24)22(3)19-7-5-4-6-8-19/h9-12,16-17,19H,4-8,13-15H2,1-3H3. The number of amides is 1. The monoisotopic (exact) mass is 392 g/mol. The van der Waals surface area contributed by atoms with Gasteiger partial charge in [-0.1, -0.05) is 33.1 Å². The lowest BCUT2D eigenvalue weighted by Crippen LogP contribution is -2.42. The summed E-state index contributed by atoms with van der Waals surface area (Å²) in [6, 6.07) is 6.78. The van der Waals surface area contributed by atoms with Crippen molar-refractivity contribution < 1.29 is 13.2 Å². The summed E-state index contributed by atoms with van der Waals surface area (Å²) in [6.45, 7) is 5.33. The Bertz CT molecular complexity index is 744. The fourth-order valence-electron chi connectivity index (χ4n) is 4.56. The van der Waals surface area contributed by atoms with Crippen molar-refractivity contribution in [3.05, 3.63) is 29.8 Å². The molecule has 1 amide bonds. The van der Waals surface area contributed by atoms with Crippen molar-refractivity contribution in [3.8, 4) is 0 Å². The zero-order valence-corrected chi connectivity index (χ0v) is 17.5. The smallest absolute Gasteiger partial charge is 0.253 e. The lowest BCUT2D eigenvalue weighted by atomic mass is 9.94. The molecule has 2 aliphatic rings. The molecular formula is C21H32N2O3S. The van der Waals surface area contributed by atoms with Crippen LogP contribution in [0.3, 0.4) is 0 Å². The Kier molecular flexibility index (Phi) is 6.26. The van der Waals surface area contributed by atoms with Crippen molar-refractivity contribution in [2.24, 2.45) is 11.8 Å². The summed E-state index contributed by atoms with van der Waals surface area (Å²) in [7, 11) is -1.64. The largest absolute Gasteiger partial charge is 0.339 e. The lowest BCUT2D eigenvalue weighted by molar-refractivity contribution is 0.0696. The molecule has 1 aliphatic heterocycles. The average molecular weight is 393 g/mol. The molecule has 27 heavy (non-hydrogen) atoms. The number of piperidine rings is 1. The van der Waals surface area contributed by atoms with Gasteiger partial charge >= 0.3 is 0 Å². The van der Waals surface area contributed by atoms with Gasteiger partial charge in [0, 0.05) is 31.7 Å². The predicted molar refractivity (Wildman–Crippen MR) is 107 cm³/mol. The van der Waals surface area contributed by atoms with Gasteiger partial charge < -0.3 is 4.90 Å². The van der Waals surface area contributed by atoms with Crippen molar-refractivity contribution >= 4 is 15.9 Å². The van der Waals surface area contributed by atoms with E-state index >= 15 is 0 Å². The van der Waals surface area contributed by atoms with E-state index in [-0.39, 0.29) is 10.8 Å². The first-order valence-corrected chi connectivity index (χ1v) is 11.6. The van der Waals surface area contributed by atoms with Crippen molar-refractivity contribution in [1.82, 2.24) is 9.21 Å². The molecule has 3 rings (SSSR count). The third-order valence-electron chi connectivity index (χ3n) is 6.02. The molecule has 0 aromatic heterocycles. The van der Waals surface area contributed by atoms with E-state index in [0.29, 0.717) is 36.5 Å². The van der Waals surface area contributed by atoms with E-state index in [1.54, 1.807) is 28.6 Å². The summed E-state index contributed by atoms with van der Waals surface area (Å²) >= 11 is 0. The van der Waals surface area contributed by atoms with Crippen LogP contribution in [0.4, 0.5) is 0 Å². The number of nitrogens with zero attached hydrogens (tertiary/aromatic N) is 2. The average Bonchev–Trinajstić information content (AvgIpc) is 2.67. The molecule has 150 valence electrons. The molecule has 2 fully saturated rings. The number of rotatable bonds is 4. The maximum atomic E-state index is 13.0. The normalized spacial score (nSPS) is 25.3. The molecular weight excluding hydrogens is 360 g/mol. The molecule has 2 atom stereocenters. The van der Waals surface area contributed by atoms with Gasteiger partial charge in [-0.25, -0.2) is 8.42 Å². The summed E-state index contributed by atoms with van der Waals surface area (Å²) in [6.07, 6.45) is 6.77. The number of hydrogen-bond acceptors (Lipinski definition) is 3. The Morgan fingerprint density at radius 1 is 1.00 bits per heavy atom. The highest BCUT2D eigenvalue weighted by atomic mass is 32.2. The van der Waals surface area contributed by atoms with E-state index < -0.39 is 10.0 Å². The van der Waals surface area contributed by atoms with Gasteiger partial charge in [0.2, 0.25) is 10.0 Å². The second kappa shape index (κ2) is 8.31. The molecule has 6 heteroatoms. The first-order chi connectivity index (χ1) is 12.8. The van der Waals surface area contributed by atoms with E-state index in [0.717, 1.165) is 19.3 Å². The highest BCUT2D eigenvalue weighted by Crippen LogP contribution is 2.27. The van der Waals surface area contributed by atoms with Crippen LogP contribution in [0.1, 0.15) is 62.7 Å². The maximum Gasteiger partial charge on any atom is 0.253 e. The predicted octanol–water partition coefficient (Wildman–Crippen LogP) is 3.76. The fourth-order valence-corrected chi connectivity index (χ4v) is 6.24. The van der Waals surface area contributed by atoms with E-state index in [2.05, 4.69) is 13.8 Å². The van der Waals surface area contributed by atoms with Crippen LogP contribution in [0.25, 0.3) is 0 Å². The molecule has 1 aromatic carbocycles. The molecule has 1 aliphatic carbocycles. The minimum absolute atomic E-state index is 0.0222. The molecule has 1 saturated carbocycles. The van der Waals surface area contributed by atoms with Crippen LogP contribution >= 0.6 is 0 Å². The van der Waals surface area contributed by atoms with Gasteiger partial charge in [0.1, 0.15) is 0 Å². The van der Waals surface area contributed by atoms with Gasteiger partial charge in [0.15, 0.2) is 0 Å². The molecule has 1 aromatic rings. The van der Waals surface area contributed by atoms with Gasteiger partial charge in [0.25, 0.3) is 5.91 Å². The van der Waals surface area contributed by atoms with E-state index in [1.165, 1.54) is 19.3 Å². The van der Waals surface area contributed by atoms with Crippen LogP contribution in [0, 0.1) is 11.8 Å². The zero-order valence-electron chi connectivity index (χ0n) is 16.7. The fraction of sp³-hybridized carbons (Fsp3) is 0.667. The summed E-state index contributed by atoms with van der Waals surface area (Å²) < 4.78 is 27.5. The third-order valence-corrected chi connectivity index (χ3v) is 7.86. The van der Waals surface area contributed by atoms with Crippen LogP contribution in [0.5, 0.6) is 0 Å². The highest BCUT2D eigenvalue weighted by molar-refractivity contribution is 7.89. The van der Waals surface area contributed by atoms with Crippen LogP contribution in [-0.2, 0) is 10.0 Å². The van der Waals surface area contributed by atoms with Gasteiger partial charge in [-0.3, -0.25) is 4.79 Å². The highest BCUT2D eigenvalue weighted by Gasteiger charge is 2.32. The lowest BCUT2D eigenvalue weighted by Gasteiger charge is -2.34. The summed E-state index contributed by atoms with van der Waals surface area (Å²) in [5.74, 6) is 0.716. The number of carbonyl (C=O) groups is 1. The molecule has 1 heterocycles. The number of benzene rings is 1. The SMILES string of the molecule is CC1CC(C)CN(S(=O)(=O)c2ccc(C(=O)N(C)C3CCCCC3)cc2)C1. The van der Waals surface area contributed by atoms with E-state index in [4.69, 9.17) is 0 Å². The van der Waals surface area contributed by atoms with Crippen molar-refractivity contribution in [3.63, 3.8) is 0 Å². The van der Waals surface area contributed by atoms with Crippen molar-refractivity contribution in [2.45, 2.75) is 63.3 Å². The Hall–Kier alpha value is -1.40. The topological polar surface area (TPSA) is 57.7 Å². The summed E-state index contributed by atoms with van der Waals surface area (Å²) in [5.41, 5.74) is 0.558. The van der Waals surface area contributed by atoms with Gasteiger partial charge in [0.05, 0.1) is 4.90 Å². The Morgan fingerprint density at radius 2 is 1.56 bits per heavy atom. The quantitative estimate of drug-likeness (QED) is 0.784. The molecule has 0 radical (unpaired) electrons. The maximum absolute atomic E-state index is 13.0. The van der Waals surface area contributed by atoms with E-state index in [9.17, 15) is 13.2 Å². The van der Waals surface area contributed by atoms with Gasteiger partial charge in [-0.2, -0.15) is 4.31 Å². The second-order valence-corrected chi connectivity index (χ2v) is 10.4. The minimum Gasteiger partial charge on any atom is -0.339 e. The summed E-state index contributed by atoms with van der Waals surface area (Å²) in [4.78, 5) is 14.9. The van der Waals surface area contributed by atoms with Crippen LogP contribution in [-0.4, -0.2) is 49.7 Å². The van der Waals surface area contributed by atoms with E-state index in [1.807, 2.05) is 11.9 Å². The van der Waals surface area contributed by atoms with Gasteiger partial charge in [-0.05, 0) is 55.4 Å². The summed E-state index contributed by atoms with van der Waals surface area (Å²) in [5, 5.41) is 0. The Morgan fingerprint density at radius 3 is 2.11 bits per heavy atom. The second-order valence-electron chi connectivity index (χ2n) is 8.50. The number of hydrogen-bond donors (Lipinski definition) is 0. The zero-order chi connectivity index (χ0) is 19.6. The molecule has 0 spiro atoms. The first kappa shape index (κ1) is 20.3. The van der Waals surface area contributed by atoms with Crippen molar-refractivity contribution in [1.29, 1.82) is 0 Å². The molecule has 0 bridgehead atoms. The Labute approximate surface area is 163 Å². The van der Waals surface area contributed by atoms with Crippen LogP contribution in [0.15, 0.2) is 29.2 Å². The third kappa shape index (κ3) is 4.54. The number of carbonyl (C=O) groups excluding carboxylic acids is 1. The number of sulfonamides is 1. The molecule has 5 nitrogen and oxygen atoms in total. The van der Waals surface area contributed by atoms with Crippen molar-refractivity contribution in [2.75, 3.05) is 20.1 Å². The first-order valence-electron chi connectivity index (χ1n) is 10.2. The van der Waals surface area contributed by atoms with Crippen LogP contribution < -0.4 is 0 Å². The minimum atomic E-state index is -3.50. The van der Waals surface area contributed by atoms with Gasteiger partial charge in [-0.15, -0.1) is 0 Å². The molecule has 0 N–H and O–H groups in total. The van der Waals surface area contributed by atoms with Crippen LogP contribution in [0.2, 0.25) is 0 Å².